The number of hydrogen-bond donors (Lipinski definition) is 2. The highest BCUT2D eigenvalue weighted by Gasteiger charge is 2.22. The Balaban J connectivity index is 2.03. The minimum absolute atomic E-state index is 0.665. The van der Waals surface area contributed by atoms with Crippen molar-refractivity contribution in [3.8, 4) is 0 Å². The lowest BCUT2D eigenvalue weighted by molar-refractivity contribution is -0.0583. The van der Waals surface area contributed by atoms with Crippen LogP contribution < -0.4 is 11.5 Å². The molecule has 0 aliphatic heterocycles. The van der Waals surface area contributed by atoms with Crippen molar-refractivity contribution >= 4 is 12.2 Å². The van der Waals surface area contributed by atoms with E-state index in [4.69, 9.17) is 20.9 Å². The molecule has 0 aromatic heterocycles. The quantitative estimate of drug-likeness (QED) is 0.0501. The largest absolute Gasteiger partial charge is 0.407 e. The number of amides is 2. The molecule has 4 N–H and O–H groups in total. The zero-order chi connectivity index (χ0) is 58.3. The summed E-state index contributed by atoms with van der Waals surface area (Å²) in [6.45, 7) is 4.61. The van der Waals surface area contributed by atoms with Gasteiger partial charge in [0, 0.05) is 5.56 Å². The van der Waals surface area contributed by atoms with Gasteiger partial charge in [-0.2, -0.15) is 0 Å². The second-order valence-electron chi connectivity index (χ2n) is 26.0. The van der Waals surface area contributed by atoms with Crippen LogP contribution in [0.5, 0.6) is 0 Å². The van der Waals surface area contributed by atoms with Crippen LogP contribution in [0.25, 0.3) is 0 Å². The molecule has 0 unspecified atom stereocenters. The van der Waals surface area contributed by atoms with Gasteiger partial charge in [0.15, 0.2) is 0 Å². The van der Waals surface area contributed by atoms with E-state index in [1.54, 1.807) is 0 Å². The summed E-state index contributed by atoms with van der Waals surface area (Å²) in [5, 5.41) is 0. The minimum Gasteiger partial charge on any atom is -0.405 e. The maximum Gasteiger partial charge on any atom is 0.407 e. The van der Waals surface area contributed by atoms with E-state index in [1.165, 1.54) is 384 Å². The zero-order valence-corrected chi connectivity index (χ0v) is 54.9. The molecular weight excluding hydrogens is 993 g/mol. The molecule has 0 atom stereocenters. The molecule has 0 bridgehead atoms. The first-order valence-corrected chi connectivity index (χ1v) is 37.0. The molecule has 1 aromatic carbocycles. The van der Waals surface area contributed by atoms with Gasteiger partial charge >= 0.3 is 12.2 Å². The molecule has 2 amide bonds. The van der Waals surface area contributed by atoms with E-state index in [9.17, 15) is 9.59 Å². The highest BCUT2D eigenvalue weighted by Crippen LogP contribution is 2.28. The van der Waals surface area contributed by atoms with Crippen molar-refractivity contribution in [2.24, 2.45) is 11.5 Å². The van der Waals surface area contributed by atoms with Crippen molar-refractivity contribution < 1.29 is 19.1 Å². The van der Waals surface area contributed by atoms with Gasteiger partial charge in [0.2, 0.25) is 0 Å². The van der Waals surface area contributed by atoms with Crippen molar-refractivity contribution in [1.29, 1.82) is 0 Å². The lowest BCUT2D eigenvalue weighted by Crippen LogP contribution is -2.25. The molecule has 1 rings (SSSR count). The van der Waals surface area contributed by atoms with Gasteiger partial charge in [-0.15, -0.1) is 0 Å². The predicted octanol–water partition coefficient (Wildman–Crippen LogP) is 26.2. The standard InChI is InChI=1S/C75H142N2O4/c1-3-5-7-9-11-13-15-17-19-21-23-25-27-29-31-33-35-37-39-41-43-45-47-49-51-53-55-57-59-61-63-65-70-67-68-72(73(80-74(76)78)81-75(77)79)71(69-70)66-64-62-60-58-56-54-52-50-48-46-44-42-40-38-36-34-32-30-28-26-24-22-20-18-16-14-12-10-8-6-4-2/h67-69,73H,3-66H2,1-2H3,(H2,76,78)(H2,77,79). The Kier molecular flexibility index (Phi) is 60.4. The molecule has 0 heterocycles. The van der Waals surface area contributed by atoms with Crippen LogP contribution in [0, 0.1) is 0 Å². The fourth-order valence-corrected chi connectivity index (χ4v) is 12.7. The first-order valence-electron chi connectivity index (χ1n) is 37.0. The van der Waals surface area contributed by atoms with E-state index < -0.39 is 18.5 Å². The Morgan fingerprint density at radius 3 is 0.667 bits per heavy atom. The number of rotatable bonds is 67. The van der Waals surface area contributed by atoms with E-state index in [0.717, 1.165) is 37.7 Å². The van der Waals surface area contributed by atoms with Gasteiger partial charge in [0.05, 0.1) is 0 Å². The normalized spacial score (nSPS) is 11.6. The van der Waals surface area contributed by atoms with Gasteiger partial charge in [0.25, 0.3) is 6.29 Å². The number of nitrogens with two attached hydrogens (primary N) is 2. The molecule has 1 aromatic rings. The van der Waals surface area contributed by atoms with Gasteiger partial charge in [-0.1, -0.05) is 417 Å². The molecule has 0 aliphatic rings. The SMILES string of the molecule is CCCCCCCCCCCCCCCCCCCCCCCCCCCCCCCCCc1ccc(C(OC(N)=O)OC(N)=O)c(CCCCCCCCCCCCCCCCCCCCCCCCCCCCCCCCC)c1. The highest BCUT2D eigenvalue weighted by molar-refractivity contribution is 5.67. The predicted molar refractivity (Wildman–Crippen MR) is 356 cm³/mol. The summed E-state index contributed by atoms with van der Waals surface area (Å²) in [6, 6.07) is 6.24. The Morgan fingerprint density at radius 2 is 0.469 bits per heavy atom. The summed E-state index contributed by atoms with van der Waals surface area (Å²) in [5.41, 5.74) is 13.8. The number of hydrogen-bond acceptors (Lipinski definition) is 4. The van der Waals surface area contributed by atoms with Gasteiger partial charge in [-0.05, 0) is 36.8 Å². The van der Waals surface area contributed by atoms with Crippen LogP contribution in [-0.2, 0) is 22.3 Å². The Labute approximate surface area is 506 Å². The number of carbonyl (C=O) groups excluding carboxylic acids is 2. The van der Waals surface area contributed by atoms with E-state index in [-0.39, 0.29) is 0 Å². The monoisotopic (exact) mass is 1140 g/mol. The number of aryl methyl sites for hydroxylation is 2. The summed E-state index contributed by atoms with van der Waals surface area (Å²) in [6.07, 6.45) is 86.1. The molecule has 0 fully saturated rings. The first-order chi connectivity index (χ1) is 40.0. The van der Waals surface area contributed by atoms with Crippen LogP contribution in [0.2, 0.25) is 0 Å². The van der Waals surface area contributed by atoms with Crippen LogP contribution in [0.3, 0.4) is 0 Å². The Morgan fingerprint density at radius 1 is 0.284 bits per heavy atom. The number of carbonyl (C=O) groups is 2. The number of benzene rings is 1. The zero-order valence-electron chi connectivity index (χ0n) is 54.9. The lowest BCUT2D eigenvalue weighted by Gasteiger charge is -2.20. The maximum absolute atomic E-state index is 11.8. The molecule has 0 radical (unpaired) electrons. The van der Waals surface area contributed by atoms with Crippen molar-refractivity contribution in [3.05, 3.63) is 34.9 Å². The number of unbranched alkanes of at least 4 members (excludes halogenated alkanes) is 60. The fraction of sp³-hybridized carbons (Fsp3) is 0.893. The summed E-state index contributed by atoms with van der Waals surface area (Å²) >= 11 is 0. The summed E-state index contributed by atoms with van der Waals surface area (Å²) in [4.78, 5) is 23.5. The number of ether oxygens (including phenoxy) is 2. The summed E-state index contributed by atoms with van der Waals surface area (Å²) < 4.78 is 10.5. The topological polar surface area (TPSA) is 105 Å². The Hall–Kier alpha value is -2.24. The molecule has 81 heavy (non-hydrogen) atoms. The molecule has 0 aliphatic carbocycles. The smallest absolute Gasteiger partial charge is 0.405 e. The molecule has 6 heteroatoms. The second kappa shape index (κ2) is 63.8. The van der Waals surface area contributed by atoms with Crippen molar-refractivity contribution in [2.45, 2.75) is 431 Å². The first kappa shape index (κ1) is 76.8. The van der Waals surface area contributed by atoms with Crippen LogP contribution in [-0.4, -0.2) is 12.2 Å². The van der Waals surface area contributed by atoms with Crippen LogP contribution in [0.1, 0.15) is 435 Å². The van der Waals surface area contributed by atoms with Crippen molar-refractivity contribution in [3.63, 3.8) is 0 Å². The highest BCUT2D eigenvalue weighted by atomic mass is 16.7. The van der Waals surface area contributed by atoms with E-state index in [0.29, 0.717) is 5.56 Å². The van der Waals surface area contributed by atoms with Crippen LogP contribution >= 0.6 is 0 Å². The maximum atomic E-state index is 11.8. The van der Waals surface area contributed by atoms with Crippen LogP contribution in [0.15, 0.2) is 18.2 Å². The fourth-order valence-electron chi connectivity index (χ4n) is 12.7. The Bertz CT molecular complexity index is 1420. The van der Waals surface area contributed by atoms with Crippen LogP contribution in [0.4, 0.5) is 9.59 Å². The third kappa shape index (κ3) is 56.7. The summed E-state index contributed by atoms with van der Waals surface area (Å²) in [7, 11) is 0. The van der Waals surface area contributed by atoms with Crippen molar-refractivity contribution in [2.75, 3.05) is 0 Å². The van der Waals surface area contributed by atoms with Gasteiger partial charge < -0.3 is 20.9 Å². The second-order valence-corrected chi connectivity index (χ2v) is 26.0. The third-order valence-electron chi connectivity index (χ3n) is 18.0. The molecule has 0 saturated heterocycles. The average Bonchev–Trinajstić information content (AvgIpc) is 3.48. The molecule has 0 saturated carbocycles. The van der Waals surface area contributed by atoms with Gasteiger partial charge in [0.1, 0.15) is 0 Å². The average molecular weight is 1140 g/mol. The minimum atomic E-state index is -1.23. The van der Waals surface area contributed by atoms with Gasteiger partial charge in [-0.25, -0.2) is 9.59 Å². The molecule has 476 valence electrons. The number of primary amides is 2. The van der Waals surface area contributed by atoms with Crippen molar-refractivity contribution in [1.82, 2.24) is 0 Å². The van der Waals surface area contributed by atoms with E-state index in [1.807, 2.05) is 6.07 Å². The van der Waals surface area contributed by atoms with E-state index >= 15 is 0 Å². The summed E-state index contributed by atoms with van der Waals surface area (Å²) in [5.74, 6) is 0. The van der Waals surface area contributed by atoms with E-state index in [2.05, 4.69) is 26.0 Å². The molecular formula is C75H142N2O4. The van der Waals surface area contributed by atoms with Gasteiger partial charge in [-0.3, -0.25) is 0 Å². The molecule has 6 nitrogen and oxygen atoms in total. The lowest BCUT2D eigenvalue weighted by atomic mass is 9.95. The molecule has 0 spiro atoms. The third-order valence-corrected chi connectivity index (χ3v) is 18.0.